The van der Waals surface area contributed by atoms with Crippen molar-refractivity contribution in [2.75, 3.05) is 0 Å². The van der Waals surface area contributed by atoms with E-state index < -0.39 is 11.9 Å². The molecule has 28 valence electrons. The maximum atomic E-state index is 8.92. The first-order valence-electron chi connectivity index (χ1n) is 0.601. The first kappa shape index (κ1) is 9.42. The molecule has 0 aromatic heterocycles. The summed E-state index contributed by atoms with van der Waals surface area (Å²) < 4.78 is 12.4. The Morgan fingerprint density at radius 3 is 2.00 bits per heavy atom. The van der Waals surface area contributed by atoms with Crippen LogP contribution >= 0.6 is 0 Å². The van der Waals surface area contributed by atoms with Crippen molar-refractivity contribution in [2.45, 2.75) is 0 Å². The van der Waals surface area contributed by atoms with Crippen LogP contribution in [-0.2, 0) is 16.2 Å². The van der Waals surface area contributed by atoms with Crippen LogP contribution in [0.3, 0.4) is 0 Å². The molecule has 0 aliphatic carbocycles. The third-order valence-electron chi connectivity index (χ3n) is 0.0430. The fraction of sp³-hybridized carbons (Fsp3) is 0. The molecule has 3 nitrogen and oxygen atoms in total. The number of hydrogen-bond acceptors (Lipinski definition) is 3. The standard InChI is InChI=1S/H3NO2S.Na.H/c1-3-4-2;;/h4H,1H2;;. The average Bonchev–Trinajstić information content (AvgIpc) is 1.37. The van der Waals surface area contributed by atoms with E-state index in [1.54, 1.807) is 0 Å². The van der Waals surface area contributed by atoms with Crippen molar-refractivity contribution < 1.29 is 8.49 Å². The Morgan fingerprint density at radius 1 is 1.80 bits per heavy atom. The van der Waals surface area contributed by atoms with Gasteiger partial charge in [0.25, 0.3) is 0 Å². The number of thiol groups is 1. The zero-order valence-corrected chi connectivity index (χ0v) is 2.74. The number of rotatable bonds is 1. The van der Waals surface area contributed by atoms with E-state index in [4.69, 9.17) is 4.21 Å². The first-order valence-corrected chi connectivity index (χ1v) is 1.33. The van der Waals surface area contributed by atoms with Gasteiger partial charge in [-0.15, -0.1) is 0 Å². The molecule has 5 heavy (non-hydrogen) atoms. The SMILES string of the molecule is NO[SH]=O.[NaH]. The summed E-state index contributed by atoms with van der Waals surface area (Å²) in [6.45, 7) is 0. The van der Waals surface area contributed by atoms with Crippen LogP contribution < -0.4 is 5.90 Å². The Balaban J connectivity index is 0. The van der Waals surface area contributed by atoms with Gasteiger partial charge in [-0.05, 0) is 0 Å². The third kappa shape index (κ3) is 11.2. The normalized spacial score (nSPS) is 5.80. The van der Waals surface area contributed by atoms with E-state index in [9.17, 15) is 0 Å². The Hall–Kier alpha value is 1.07. The van der Waals surface area contributed by atoms with Gasteiger partial charge in [0.05, 0.1) is 0 Å². The van der Waals surface area contributed by atoms with E-state index in [1.165, 1.54) is 0 Å². The topological polar surface area (TPSA) is 52.3 Å². The van der Waals surface area contributed by atoms with Crippen LogP contribution in [0.4, 0.5) is 0 Å². The van der Waals surface area contributed by atoms with E-state index in [0.717, 1.165) is 0 Å². The van der Waals surface area contributed by atoms with Crippen LogP contribution in [0.1, 0.15) is 0 Å². The molecule has 0 heterocycles. The van der Waals surface area contributed by atoms with Crippen molar-refractivity contribution in [1.82, 2.24) is 0 Å². The van der Waals surface area contributed by atoms with E-state index in [0.29, 0.717) is 0 Å². The van der Waals surface area contributed by atoms with Crippen LogP contribution in [0.15, 0.2) is 0 Å². The van der Waals surface area contributed by atoms with E-state index in [2.05, 4.69) is 10.2 Å². The molecule has 0 aromatic rings. The summed E-state index contributed by atoms with van der Waals surface area (Å²) in [5.74, 6) is 4.20. The van der Waals surface area contributed by atoms with Gasteiger partial charge in [0, 0.05) is 0 Å². The minimum atomic E-state index is -0.474. The second-order valence-corrected chi connectivity index (χ2v) is 0.540. The zero-order chi connectivity index (χ0) is 3.41. The molecule has 0 bridgehead atoms. The van der Waals surface area contributed by atoms with E-state index in [-0.39, 0.29) is 29.6 Å². The molecule has 0 unspecified atom stereocenters. The van der Waals surface area contributed by atoms with Gasteiger partial charge in [-0.1, -0.05) is 0 Å². The van der Waals surface area contributed by atoms with Crippen molar-refractivity contribution in [2.24, 2.45) is 5.90 Å². The van der Waals surface area contributed by atoms with Crippen molar-refractivity contribution in [3.05, 3.63) is 0 Å². The second kappa shape index (κ2) is 8.91. The van der Waals surface area contributed by atoms with Gasteiger partial charge in [-0.3, -0.25) is 0 Å². The minimum absolute atomic E-state index is 0. The molecule has 0 amide bonds. The summed E-state index contributed by atoms with van der Waals surface area (Å²) in [7, 11) is 0. The summed E-state index contributed by atoms with van der Waals surface area (Å²) in [5.41, 5.74) is 0. The first-order chi connectivity index (χ1) is 1.91. The van der Waals surface area contributed by atoms with Crippen molar-refractivity contribution in [3.63, 3.8) is 0 Å². The van der Waals surface area contributed by atoms with Crippen LogP contribution in [0.5, 0.6) is 0 Å². The molecule has 0 aliphatic rings. The molecule has 0 aromatic carbocycles. The fourth-order valence-electron chi connectivity index (χ4n) is 0. The molecule has 2 N–H and O–H groups in total. The van der Waals surface area contributed by atoms with Crippen molar-refractivity contribution in [1.29, 1.82) is 0 Å². The van der Waals surface area contributed by atoms with Crippen LogP contribution in [0.2, 0.25) is 0 Å². The predicted octanol–water partition coefficient (Wildman–Crippen LogP) is -1.91. The monoisotopic (exact) mass is 105 g/mol. The summed E-state index contributed by atoms with van der Waals surface area (Å²) in [4.78, 5) is 0. The van der Waals surface area contributed by atoms with Gasteiger partial charge >= 0.3 is 29.6 Å². The summed E-state index contributed by atoms with van der Waals surface area (Å²) >= 11 is -0.474. The van der Waals surface area contributed by atoms with Gasteiger partial charge in [0.1, 0.15) is 0 Å². The maximum absolute atomic E-state index is 8.92. The fourth-order valence-corrected chi connectivity index (χ4v) is 0. The molecular weight excluding hydrogens is 101 g/mol. The Morgan fingerprint density at radius 2 is 2.00 bits per heavy atom. The third-order valence-corrected chi connectivity index (χ3v) is 0.129. The second-order valence-electron chi connectivity index (χ2n) is 0.180. The van der Waals surface area contributed by atoms with Crippen LogP contribution in [-0.4, -0.2) is 33.8 Å². The van der Waals surface area contributed by atoms with E-state index in [1.807, 2.05) is 0 Å². The van der Waals surface area contributed by atoms with Crippen LogP contribution in [0.25, 0.3) is 0 Å². The van der Waals surface area contributed by atoms with Gasteiger partial charge < -0.3 is 0 Å². The van der Waals surface area contributed by atoms with Gasteiger partial charge in [-0.25, -0.2) is 8.49 Å². The number of hydrogen-bond donors (Lipinski definition) is 2. The van der Waals surface area contributed by atoms with Crippen LogP contribution in [0, 0.1) is 0 Å². The average molecular weight is 105 g/mol. The van der Waals surface area contributed by atoms with E-state index >= 15 is 0 Å². The molecular formula is H4NNaO2S. The summed E-state index contributed by atoms with van der Waals surface area (Å²) in [6, 6.07) is 0. The quantitative estimate of drug-likeness (QED) is 0.232. The molecule has 0 aliphatic heterocycles. The molecule has 0 spiro atoms. The molecule has 0 saturated heterocycles. The van der Waals surface area contributed by atoms with Crippen molar-refractivity contribution in [3.8, 4) is 0 Å². The Labute approximate surface area is 55.8 Å². The Kier molecular flexibility index (Phi) is 16.8. The predicted molar refractivity (Wildman–Crippen MR) is 22.0 cm³/mol. The summed E-state index contributed by atoms with van der Waals surface area (Å²) in [5, 5.41) is 0. The Bertz CT molecular complexity index is 23.6. The zero-order valence-electron chi connectivity index (χ0n) is 1.84. The number of nitrogens with two attached hydrogens (primary N) is 1. The molecule has 0 fully saturated rings. The van der Waals surface area contributed by atoms with Gasteiger partial charge in [-0.2, -0.15) is 5.90 Å². The van der Waals surface area contributed by atoms with Gasteiger partial charge in [0.2, 0.25) is 0 Å². The van der Waals surface area contributed by atoms with Crippen molar-refractivity contribution >= 4 is 41.5 Å². The molecule has 5 heteroatoms. The molecule has 0 atom stereocenters. The van der Waals surface area contributed by atoms with Gasteiger partial charge in [0.15, 0.2) is 11.9 Å². The molecule has 0 saturated carbocycles. The molecule has 0 radical (unpaired) electrons. The summed E-state index contributed by atoms with van der Waals surface area (Å²) in [6.07, 6.45) is 0. The molecule has 0 rings (SSSR count).